The van der Waals surface area contributed by atoms with Crippen molar-refractivity contribution in [2.75, 3.05) is 13.1 Å². The van der Waals surface area contributed by atoms with Gasteiger partial charge in [0.15, 0.2) is 0 Å². The van der Waals surface area contributed by atoms with E-state index in [-0.39, 0.29) is 0 Å². The maximum atomic E-state index is 4.56. The molecule has 1 saturated carbocycles. The van der Waals surface area contributed by atoms with E-state index >= 15 is 0 Å². The Bertz CT molecular complexity index is 605. The van der Waals surface area contributed by atoms with Crippen LogP contribution in [0.1, 0.15) is 17.7 Å². The zero-order valence-electron chi connectivity index (χ0n) is 10.0. The second-order valence-corrected chi connectivity index (χ2v) is 5.55. The third-order valence-corrected chi connectivity index (χ3v) is 4.47. The van der Waals surface area contributed by atoms with Gasteiger partial charge in [-0.3, -0.25) is 4.98 Å². The molecule has 17 heavy (non-hydrogen) atoms. The van der Waals surface area contributed by atoms with Gasteiger partial charge in [-0.2, -0.15) is 0 Å². The summed E-state index contributed by atoms with van der Waals surface area (Å²) < 4.78 is 0. The minimum absolute atomic E-state index is 0.457. The summed E-state index contributed by atoms with van der Waals surface area (Å²) >= 11 is 0. The molecule has 0 spiro atoms. The van der Waals surface area contributed by atoms with E-state index in [0.717, 1.165) is 23.7 Å². The highest BCUT2D eigenvalue weighted by Gasteiger charge is 2.57. The maximum Gasteiger partial charge on any atom is 0.0705 e. The molecule has 0 radical (unpaired) electrons. The molecule has 4 rings (SSSR count). The van der Waals surface area contributed by atoms with E-state index in [1.807, 2.05) is 6.92 Å². The van der Waals surface area contributed by atoms with E-state index in [0.29, 0.717) is 5.41 Å². The lowest BCUT2D eigenvalue weighted by Crippen LogP contribution is -2.19. The van der Waals surface area contributed by atoms with E-state index in [2.05, 4.69) is 40.6 Å². The van der Waals surface area contributed by atoms with Crippen LogP contribution in [0.2, 0.25) is 0 Å². The summed E-state index contributed by atoms with van der Waals surface area (Å²) in [6, 6.07) is 11.1. The Hall–Kier alpha value is -1.41. The smallest absolute Gasteiger partial charge is 0.0705 e. The molecule has 1 aliphatic heterocycles. The first-order valence-electron chi connectivity index (χ1n) is 6.37. The van der Waals surface area contributed by atoms with E-state index in [1.54, 1.807) is 0 Å². The molecule has 2 nitrogen and oxygen atoms in total. The van der Waals surface area contributed by atoms with Gasteiger partial charge in [0.1, 0.15) is 0 Å². The number of aryl methyl sites for hydroxylation is 1. The lowest BCUT2D eigenvalue weighted by atomic mass is 9.94. The van der Waals surface area contributed by atoms with Crippen LogP contribution in [0.5, 0.6) is 0 Å². The standard InChI is InChI=1S/C15H16N2/c1-10-2-3-11-6-12(4-5-14(11)17-10)15-7-13(15)8-16-9-15/h2-6,13,16H,7-9H2,1H3/t13-,15-/m0/s1. The van der Waals surface area contributed by atoms with Crippen molar-refractivity contribution in [3.8, 4) is 0 Å². The fourth-order valence-corrected chi connectivity index (χ4v) is 3.33. The molecule has 0 unspecified atom stereocenters. The van der Waals surface area contributed by atoms with Crippen LogP contribution in [-0.2, 0) is 5.41 Å². The number of rotatable bonds is 1. The number of hydrogen-bond acceptors (Lipinski definition) is 2. The van der Waals surface area contributed by atoms with Crippen LogP contribution in [0.4, 0.5) is 0 Å². The van der Waals surface area contributed by atoms with Crippen LogP contribution in [0.3, 0.4) is 0 Å². The minimum atomic E-state index is 0.457. The van der Waals surface area contributed by atoms with Gasteiger partial charge in [-0.15, -0.1) is 0 Å². The fourth-order valence-electron chi connectivity index (χ4n) is 3.33. The largest absolute Gasteiger partial charge is 0.316 e. The lowest BCUT2D eigenvalue weighted by molar-refractivity contribution is 0.676. The number of piperidine rings is 1. The summed E-state index contributed by atoms with van der Waals surface area (Å²) in [4.78, 5) is 4.56. The van der Waals surface area contributed by atoms with E-state index in [1.165, 1.54) is 23.9 Å². The highest BCUT2D eigenvalue weighted by molar-refractivity contribution is 5.80. The van der Waals surface area contributed by atoms with E-state index < -0.39 is 0 Å². The van der Waals surface area contributed by atoms with Crippen molar-refractivity contribution in [2.45, 2.75) is 18.8 Å². The molecule has 2 fully saturated rings. The summed E-state index contributed by atoms with van der Waals surface area (Å²) in [5.74, 6) is 0.873. The minimum Gasteiger partial charge on any atom is -0.316 e. The number of fused-ring (bicyclic) bond motifs is 2. The summed E-state index contributed by atoms with van der Waals surface area (Å²) in [6.45, 7) is 4.40. The fraction of sp³-hybridized carbons (Fsp3) is 0.400. The Morgan fingerprint density at radius 2 is 2.24 bits per heavy atom. The van der Waals surface area contributed by atoms with Crippen molar-refractivity contribution in [1.29, 1.82) is 0 Å². The molecule has 0 bridgehead atoms. The zero-order chi connectivity index (χ0) is 11.5. The van der Waals surface area contributed by atoms with Crippen LogP contribution in [0.25, 0.3) is 10.9 Å². The molecule has 1 aromatic carbocycles. The predicted octanol–water partition coefficient (Wildman–Crippen LogP) is 2.40. The van der Waals surface area contributed by atoms with Gasteiger partial charge in [0.25, 0.3) is 0 Å². The van der Waals surface area contributed by atoms with Gasteiger partial charge in [0.05, 0.1) is 5.52 Å². The topological polar surface area (TPSA) is 24.9 Å². The summed E-state index contributed by atoms with van der Waals surface area (Å²) in [5, 5.41) is 4.78. The molecule has 2 aromatic rings. The second kappa shape index (κ2) is 3.08. The molecule has 1 aromatic heterocycles. The highest BCUT2D eigenvalue weighted by atomic mass is 15.0. The van der Waals surface area contributed by atoms with Crippen LogP contribution < -0.4 is 5.32 Å². The number of nitrogens with zero attached hydrogens (tertiary/aromatic N) is 1. The quantitative estimate of drug-likeness (QED) is 0.804. The van der Waals surface area contributed by atoms with Gasteiger partial charge in [0.2, 0.25) is 0 Å². The number of benzene rings is 1. The molecule has 86 valence electrons. The van der Waals surface area contributed by atoms with E-state index in [4.69, 9.17) is 0 Å². The van der Waals surface area contributed by atoms with Crippen molar-refractivity contribution in [2.24, 2.45) is 5.92 Å². The Balaban J connectivity index is 1.85. The average molecular weight is 224 g/mol. The Labute approximate surface area is 101 Å². The van der Waals surface area contributed by atoms with Gasteiger partial charge in [-0.25, -0.2) is 0 Å². The number of pyridine rings is 1. The molecular formula is C15H16N2. The number of hydrogen-bond donors (Lipinski definition) is 1. The van der Waals surface area contributed by atoms with Gasteiger partial charge in [-0.1, -0.05) is 12.1 Å². The van der Waals surface area contributed by atoms with Crippen LogP contribution in [-0.4, -0.2) is 18.1 Å². The third-order valence-electron chi connectivity index (χ3n) is 4.47. The molecule has 0 amide bonds. The Kier molecular flexibility index (Phi) is 1.74. The van der Waals surface area contributed by atoms with E-state index in [9.17, 15) is 0 Å². The van der Waals surface area contributed by atoms with Crippen LogP contribution in [0, 0.1) is 12.8 Å². The lowest BCUT2D eigenvalue weighted by Gasteiger charge is -2.13. The van der Waals surface area contributed by atoms with Gasteiger partial charge in [0, 0.05) is 23.0 Å². The molecule has 1 N–H and O–H groups in total. The Morgan fingerprint density at radius 3 is 3.00 bits per heavy atom. The molecular weight excluding hydrogens is 208 g/mol. The maximum absolute atomic E-state index is 4.56. The summed E-state index contributed by atoms with van der Waals surface area (Å²) in [5.41, 5.74) is 4.17. The molecule has 2 heterocycles. The number of nitrogens with one attached hydrogen (secondary N) is 1. The van der Waals surface area contributed by atoms with Crippen LogP contribution >= 0.6 is 0 Å². The van der Waals surface area contributed by atoms with Gasteiger partial charge < -0.3 is 5.32 Å². The summed E-state index contributed by atoms with van der Waals surface area (Å²) in [7, 11) is 0. The Morgan fingerprint density at radius 1 is 1.29 bits per heavy atom. The first-order chi connectivity index (χ1) is 8.28. The average Bonchev–Trinajstić information content (AvgIpc) is 2.91. The van der Waals surface area contributed by atoms with Crippen LogP contribution in [0.15, 0.2) is 30.3 Å². The van der Waals surface area contributed by atoms with Gasteiger partial charge >= 0.3 is 0 Å². The highest BCUT2D eigenvalue weighted by Crippen LogP contribution is 2.56. The SMILES string of the molecule is Cc1ccc2cc([C@]34CNC[C@@H]3C4)ccc2n1. The van der Waals surface area contributed by atoms with Crippen molar-refractivity contribution in [3.05, 3.63) is 41.6 Å². The molecule has 2 atom stereocenters. The predicted molar refractivity (Wildman–Crippen MR) is 69.1 cm³/mol. The van der Waals surface area contributed by atoms with Crippen molar-refractivity contribution in [3.63, 3.8) is 0 Å². The van der Waals surface area contributed by atoms with Crippen molar-refractivity contribution in [1.82, 2.24) is 10.3 Å². The molecule has 2 aliphatic rings. The normalized spacial score (nSPS) is 30.5. The van der Waals surface area contributed by atoms with Crippen molar-refractivity contribution < 1.29 is 0 Å². The summed E-state index contributed by atoms with van der Waals surface area (Å²) in [6.07, 6.45) is 1.37. The molecule has 1 saturated heterocycles. The zero-order valence-corrected chi connectivity index (χ0v) is 10.0. The molecule has 1 aliphatic carbocycles. The van der Waals surface area contributed by atoms with Crippen molar-refractivity contribution >= 4 is 10.9 Å². The van der Waals surface area contributed by atoms with Gasteiger partial charge in [-0.05, 0) is 49.6 Å². The third kappa shape index (κ3) is 1.27. The first kappa shape index (κ1) is 9.60. The first-order valence-corrected chi connectivity index (χ1v) is 6.37. The second-order valence-electron chi connectivity index (χ2n) is 5.55. The number of aromatic nitrogens is 1. The molecule has 2 heteroatoms. The monoisotopic (exact) mass is 224 g/mol.